The van der Waals surface area contributed by atoms with Gasteiger partial charge >= 0.3 is 0 Å². The molecule has 3 rings (SSSR count). The van der Waals surface area contributed by atoms with Crippen molar-refractivity contribution in [1.29, 1.82) is 0 Å². The van der Waals surface area contributed by atoms with Crippen LogP contribution in [0.4, 0.5) is 4.39 Å². The van der Waals surface area contributed by atoms with Gasteiger partial charge in [0.15, 0.2) is 0 Å². The Hall–Kier alpha value is -2.25. The topological polar surface area (TPSA) is 63.5 Å². The number of aromatic nitrogens is 2. The van der Waals surface area contributed by atoms with E-state index in [4.69, 9.17) is 0 Å². The smallest absolute Gasteiger partial charge is 0.240 e. The first-order chi connectivity index (χ1) is 10.5. The minimum Gasteiger partial charge on any atom is -0.307 e. The van der Waals surface area contributed by atoms with Gasteiger partial charge in [0.05, 0.1) is 17.1 Å². The number of hydrogen-bond acceptors (Lipinski definition) is 3. The first kappa shape index (κ1) is 14.7. The van der Waals surface area contributed by atoms with Crippen molar-refractivity contribution in [2.45, 2.75) is 18.4 Å². The molecule has 1 N–H and O–H groups in total. The molecule has 0 aliphatic rings. The lowest BCUT2D eigenvalue weighted by Crippen LogP contribution is -2.23. The lowest BCUT2D eigenvalue weighted by molar-refractivity contribution is 0.579. The van der Waals surface area contributed by atoms with Crippen molar-refractivity contribution in [3.05, 3.63) is 65.9 Å². The summed E-state index contributed by atoms with van der Waals surface area (Å²) in [5.74, 6) is -0.477. The summed E-state index contributed by atoms with van der Waals surface area (Å²) in [4.78, 5) is 4.42. The van der Waals surface area contributed by atoms with E-state index in [0.717, 1.165) is 23.3 Å². The van der Waals surface area contributed by atoms with Gasteiger partial charge < -0.3 is 4.40 Å². The zero-order chi connectivity index (χ0) is 15.7. The van der Waals surface area contributed by atoms with Gasteiger partial charge in [-0.15, -0.1) is 0 Å². The van der Waals surface area contributed by atoms with Crippen LogP contribution < -0.4 is 4.72 Å². The van der Waals surface area contributed by atoms with Crippen LogP contribution in [-0.4, -0.2) is 17.8 Å². The molecule has 0 aliphatic heterocycles. The van der Waals surface area contributed by atoms with Gasteiger partial charge in [-0.3, -0.25) is 0 Å². The maximum atomic E-state index is 12.9. The van der Waals surface area contributed by atoms with E-state index in [1.807, 2.05) is 29.7 Å². The number of hydrogen-bond donors (Lipinski definition) is 1. The second kappa shape index (κ2) is 5.51. The second-order valence-corrected chi connectivity index (χ2v) is 6.70. The quantitative estimate of drug-likeness (QED) is 0.802. The molecule has 0 radical (unpaired) electrons. The normalized spacial score (nSPS) is 11.9. The second-order valence-electron chi connectivity index (χ2n) is 4.93. The molecule has 1 aromatic carbocycles. The highest BCUT2D eigenvalue weighted by atomic mass is 32.2. The van der Waals surface area contributed by atoms with Crippen LogP contribution in [0.2, 0.25) is 0 Å². The number of pyridine rings is 1. The van der Waals surface area contributed by atoms with Crippen molar-refractivity contribution in [2.24, 2.45) is 0 Å². The summed E-state index contributed by atoms with van der Waals surface area (Å²) >= 11 is 0. The van der Waals surface area contributed by atoms with Crippen LogP contribution in [0.25, 0.3) is 5.65 Å². The highest BCUT2D eigenvalue weighted by molar-refractivity contribution is 7.89. The minimum atomic E-state index is -3.69. The van der Waals surface area contributed by atoms with E-state index in [1.165, 1.54) is 12.1 Å². The number of imidazole rings is 1. The minimum absolute atomic E-state index is 0.0221. The zero-order valence-electron chi connectivity index (χ0n) is 11.8. The van der Waals surface area contributed by atoms with Crippen molar-refractivity contribution in [3.8, 4) is 0 Å². The van der Waals surface area contributed by atoms with Crippen LogP contribution >= 0.6 is 0 Å². The molecular formula is C15H14FN3O2S. The molecule has 7 heteroatoms. The van der Waals surface area contributed by atoms with Crippen LogP contribution in [0.15, 0.2) is 53.7 Å². The Labute approximate surface area is 127 Å². The number of nitrogens with zero attached hydrogens (tertiary/aromatic N) is 2. The van der Waals surface area contributed by atoms with Crippen molar-refractivity contribution in [3.63, 3.8) is 0 Å². The standard InChI is InChI=1S/C15H14FN3O2S/c1-11-3-2-8-19-10-13(18-15(11)19)9-17-22(20,21)14-6-4-12(16)5-7-14/h2-8,10,17H,9H2,1H3. The molecule has 3 aromatic rings. The zero-order valence-corrected chi connectivity index (χ0v) is 12.6. The maximum absolute atomic E-state index is 12.9. The molecule has 22 heavy (non-hydrogen) atoms. The van der Waals surface area contributed by atoms with Crippen molar-refractivity contribution < 1.29 is 12.8 Å². The van der Waals surface area contributed by atoms with Gasteiger partial charge in [-0.2, -0.15) is 0 Å². The predicted octanol–water partition coefficient (Wildman–Crippen LogP) is 2.26. The molecule has 0 saturated carbocycles. The number of aryl methyl sites for hydroxylation is 1. The van der Waals surface area contributed by atoms with Gasteiger partial charge in [-0.1, -0.05) is 6.07 Å². The Balaban J connectivity index is 1.81. The Morgan fingerprint density at radius 2 is 1.95 bits per heavy atom. The molecule has 2 heterocycles. The SMILES string of the molecule is Cc1cccn2cc(CNS(=O)(=O)c3ccc(F)cc3)nc12. The summed E-state index contributed by atoms with van der Waals surface area (Å²) in [6.07, 6.45) is 3.63. The van der Waals surface area contributed by atoms with Gasteiger partial charge in [0, 0.05) is 12.4 Å². The highest BCUT2D eigenvalue weighted by Gasteiger charge is 2.14. The first-order valence-corrected chi connectivity index (χ1v) is 8.12. The molecule has 0 amide bonds. The van der Waals surface area contributed by atoms with E-state index in [1.54, 1.807) is 6.20 Å². The highest BCUT2D eigenvalue weighted by Crippen LogP contribution is 2.12. The Morgan fingerprint density at radius 1 is 1.23 bits per heavy atom. The number of sulfonamides is 1. The Bertz CT molecular complexity index is 918. The first-order valence-electron chi connectivity index (χ1n) is 6.64. The van der Waals surface area contributed by atoms with Crippen LogP contribution in [0, 0.1) is 12.7 Å². The molecule has 0 unspecified atom stereocenters. The molecule has 114 valence electrons. The summed E-state index contributed by atoms with van der Waals surface area (Å²) in [5, 5.41) is 0. The van der Waals surface area contributed by atoms with Crippen molar-refractivity contribution in [1.82, 2.24) is 14.1 Å². The maximum Gasteiger partial charge on any atom is 0.240 e. The molecule has 0 fully saturated rings. The number of rotatable bonds is 4. The van der Waals surface area contributed by atoms with Crippen LogP contribution in [0.3, 0.4) is 0 Å². The van der Waals surface area contributed by atoms with Crippen LogP contribution in [-0.2, 0) is 16.6 Å². The lowest BCUT2D eigenvalue weighted by Gasteiger charge is -2.04. The third kappa shape index (κ3) is 2.86. The van der Waals surface area contributed by atoms with Gasteiger partial charge in [0.25, 0.3) is 0 Å². The third-order valence-corrected chi connectivity index (χ3v) is 4.71. The lowest BCUT2D eigenvalue weighted by atomic mass is 10.3. The fraction of sp³-hybridized carbons (Fsp3) is 0.133. The fourth-order valence-corrected chi connectivity index (χ4v) is 3.15. The van der Waals surface area contributed by atoms with Crippen molar-refractivity contribution in [2.75, 3.05) is 0 Å². The summed E-state index contributed by atoms with van der Waals surface area (Å²) in [5.41, 5.74) is 2.41. The molecule has 2 aromatic heterocycles. The molecule has 0 atom stereocenters. The van der Waals surface area contributed by atoms with Crippen LogP contribution in [0.1, 0.15) is 11.3 Å². The number of nitrogens with one attached hydrogen (secondary N) is 1. The van der Waals surface area contributed by atoms with Gasteiger partial charge in [0.1, 0.15) is 11.5 Å². The molecular weight excluding hydrogens is 305 g/mol. The van der Waals surface area contributed by atoms with Crippen molar-refractivity contribution >= 4 is 15.7 Å². The van der Waals surface area contributed by atoms with E-state index in [-0.39, 0.29) is 11.4 Å². The molecule has 5 nitrogen and oxygen atoms in total. The van der Waals surface area contributed by atoms with Gasteiger partial charge in [-0.25, -0.2) is 22.5 Å². The summed E-state index contributed by atoms with van der Waals surface area (Å²) < 4.78 is 41.4. The summed E-state index contributed by atoms with van der Waals surface area (Å²) in [6.45, 7) is 2.01. The van der Waals surface area contributed by atoms with E-state index in [0.29, 0.717) is 5.69 Å². The molecule has 0 spiro atoms. The third-order valence-electron chi connectivity index (χ3n) is 3.30. The molecule has 0 saturated heterocycles. The van der Waals surface area contributed by atoms with E-state index in [2.05, 4.69) is 9.71 Å². The monoisotopic (exact) mass is 319 g/mol. The number of benzene rings is 1. The molecule has 0 aliphatic carbocycles. The molecule has 0 bridgehead atoms. The average Bonchev–Trinajstić information content (AvgIpc) is 2.90. The summed E-state index contributed by atoms with van der Waals surface area (Å²) in [6, 6.07) is 8.52. The van der Waals surface area contributed by atoms with E-state index < -0.39 is 15.8 Å². The fourth-order valence-electron chi connectivity index (χ4n) is 2.16. The number of fused-ring (bicyclic) bond motifs is 1. The average molecular weight is 319 g/mol. The van der Waals surface area contributed by atoms with Gasteiger partial charge in [0.2, 0.25) is 10.0 Å². The van der Waals surface area contributed by atoms with E-state index in [9.17, 15) is 12.8 Å². The van der Waals surface area contributed by atoms with Gasteiger partial charge in [-0.05, 0) is 42.8 Å². The summed E-state index contributed by atoms with van der Waals surface area (Å²) in [7, 11) is -3.69. The Morgan fingerprint density at radius 3 is 2.64 bits per heavy atom. The predicted molar refractivity (Wildman–Crippen MR) is 80.4 cm³/mol. The Kier molecular flexibility index (Phi) is 3.67. The largest absolute Gasteiger partial charge is 0.307 e. The van der Waals surface area contributed by atoms with Crippen LogP contribution in [0.5, 0.6) is 0 Å². The number of halogens is 1. The van der Waals surface area contributed by atoms with E-state index >= 15 is 0 Å².